The van der Waals surface area contributed by atoms with Crippen LogP contribution in [-0.4, -0.2) is 55.6 Å². The maximum absolute atomic E-state index is 13.5. The molecule has 0 fully saturated rings. The number of rotatable bonds is 10. The van der Waals surface area contributed by atoms with E-state index in [1.165, 1.54) is 18.0 Å². The first kappa shape index (κ1) is 27.9. The number of halogens is 2. The SMILES string of the molecule is CCNC(=O)[C@H](CC)N(Cc1ccc(Cl)c(Cl)c1)C(=O)CN(C)S(=O)(=O)c1ccc2ccccc2c1. The first-order valence-electron chi connectivity index (χ1n) is 11.5. The minimum atomic E-state index is -3.96. The van der Waals surface area contributed by atoms with Gasteiger partial charge >= 0.3 is 0 Å². The zero-order valence-electron chi connectivity index (χ0n) is 20.4. The largest absolute Gasteiger partial charge is 0.355 e. The van der Waals surface area contributed by atoms with Crippen molar-refractivity contribution in [3.8, 4) is 0 Å². The van der Waals surface area contributed by atoms with Gasteiger partial charge in [0, 0.05) is 20.1 Å². The number of nitrogens with zero attached hydrogens (tertiary/aromatic N) is 2. The van der Waals surface area contributed by atoms with Crippen molar-refractivity contribution < 1.29 is 18.0 Å². The van der Waals surface area contributed by atoms with Crippen molar-refractivity contribution in [1.29, 1.82) is 0 Å². The molecule has 0 aliphatic rings. The van der Waals surface area contributed by atoms with E-state index in [-0.39, 0.29) is 17.3 Å². The number of nitrogens with one attached hydrogen (secondary N) is 1. The van der Waals surface area contributed by atoms with Crippen molar-refractivity contribution in [1.82, 2.24) is 14.5 Å². The highest BCUT2D eigenvalue weighted by atomic mass is 35.5. The summed E-state index contributed by atoms with van der Waals surface area (Å²) in [5, 5.41) is 5.14. The molecular weight excluding hydrogens is 521 g/mol. The summed E-state index contributed by atoms with van der Waals surface area (Å²) in [5.74, 6) is -0.820. The molecule has 0 aliphatic heterocycles. The molecule has 3 rings (SSSR count). The summed E-state index contributed by atoms with van der Waals surface area (Å²) in [5.41, 5.74) is 0.667. The van der Waals surface area contributed by atoms with E-state index in [2.05, 4.69) is 5.32 Å². The Bertz CT molecular complexity index is 1360. The average Bonchev–Trinajstić information content (AvgIpc) is 2.85. The summed E-state index contributed by atoms with van der Waals surface area (Å²) < 4.78 is 27.6. The molecule has 0 saturated carbocycles. The van der Waals surface area contributed by atoms with E-state index in [9.17, 15) is 18.0 Å². The van der Waals surface area contributed by atoms with Gasteiger partial charge in [-0.3, -0.25) is 9.59 Å². The molecule has 0 radical (unpaired) electrons. The second-order valence-corrected chi connectivity index (χ2v) is 11.2. The monoisotopic (exact) mass is 549 g/mol. The van der Waals surface area contributed by atoms with Gasteiger partial charge in [0.2, 0.25) is 21.8 Å². The molecule has 3 aromatic carbocycles. The summed E-state index contributed by atoms with van der Waals surface area (Å²) in [6, 6.07) is 16.5. The highest BCUT2D eigenvalue weighted by molar-refractivity contribution is 7.89. The predicted octanol–water partition coefficient (Wildman–Crippen LogP) is 4.71. The van der Waals surface area contributed by atoms with E-state index in [1.54, 1.807) is 44.2 Å². The van der Waals surface area contributed by atoms with E-state index in [0.29, 0.717) is 28.6 Å². The van der Waals surface area contributed by atoms with Gasteiger partial charge in [-0.05, 0) is 53.9 Å². The Kier molecular flexibility index (Phi) is 9.35. The van der Waals surface area contributed by atoms with Crippen LogP contribution in [-0.2, 0) is 26.2 Å². The number of carbonyl (C=O) groups excluding carboxylic acids is 2. The standard InChI is InChI=1S/C26H29Cl2N3O4S/c1-4-24(26(33)29-5-2)31(16-18-10-13-22(27)23(28)14-18)25(32)17-30(3)36(34,35)21-12-11-19-8-6-7-9-20(19)15-21/h6-15,24H,4-5,16-17H2,1-3H3,(H,29,33)/t24-/m0/s1. The lowest BCUT2D eigenvalue weighted by atomic mass is 10.1. The Morgan fingerprint density at radius 1 is 0.944 bits per heavy atom. The second kappa shape index (κ2) is 12.1. The summed E-state index contributed by atoms with van der Waals surface area (Å²) >= 11 is 12.2. The molecule has 192 valence electrons. The Labute approximate surface area is 222 Å². The van der Waals surface area contributed by atoms with Gasteiger partial charge in [0.1, 0.15) is 6.04 Å². The third kappa shape index (κ3) is 6.37. The van der Waals surface area contributed by atoms with Gasteiger partial charge in [-0.1, -0.05) is 66.5 Å². The van der Waals surface area contributed by atoms with E-state index < -0.39 is 28.5 Å². The quantitative estimate of drug-likeness (QED) is 0.396. The van der Waals surface area contributed by atoms with Gasteiger partial charge in [-0.25, -0.2) is 8.42 Å². The van der Waals surface area contributed by atoms with E-state index in [0.717, 1.165) is 15.1 Å². The lowest BCUT2D eigenvalue weighted by molar-refractivity contribution is -0.141. The molecule has 0 aliphatic carbocycles. The Balaban J connectivity index is 1.89. The Hall–Kier alpha value is -2.65. The number of likely N-dealkylation sites (N-methyl/N-ethyl adjacent to an activating group) is 2. The zero-order chi connectivity index (χ0) is 26.5. The highest BCUT2D eigenvalue weighted by Crippen LogP contribution is 2.25. The van der Waals surface area contributed by atoms with Crippen LogP contribution in [0.15, 0.2) is 65.6 Å². The number of carbonyl (C=O) groups is 2. The minimum absolute atomic E-state index is 0.0647. The third-order valence-corrected chi connectivity index (χ3v) is 8.40. The van der Waals surface area contributed by atoms with Gasteiger partial charge in [-0.2, -0.15) is 4.31 Å². The van der Waals surface area contributed by atoms with Crippen LogP contribution in [0.25, 0.3) is 10.8 Å². The number of hydrogen-bond donors (Lipinski definition) is 1. The molecule has 3 aromatic rings. The fraction of sp³-hybridized carbons (Fsp3) is 0.308. The van der Waals surface area contributed by atoms with Crippen LogP contribution in [0, 0.1) is 0 Å². The molecule has 0 aromatic heterocycles. The molecule has 0 unspecified atom stereocenters. The minimum Gasteiger partial charge on any atom is -0.355 e. The molecule has 1 N–H and O–H groups in total. The summed E-state index contributed by atoms with van der Waals surface area (Å²) in [6.07, 6.45) is 0.347. The molecule has 2 amide bonds. The molecule has 10 heteroatoms. The number of amides is 2. The summed E-state index contributed by atoms with van der Waals surface area (Å²) in [4.78, 5) is 27.7. The molecule has 0 heterocycles. The Morgan fingerprint density at radius 2 is 1.64 bits per heavy atom. The lowest BCUT2D eigenvalue weighted by Crippen LogP contribution is -2.51. The maximum Gasteiger partial charge on any atom is 0.243 e. The van der Waals surface area contributed by atoms with Crippen LogP contribution in [0.2, 0.25) is 10.0 Å². The number of hydrogen-bond acceptors (Lipinski definition) is 4. The van der Waals surface area contributed by atoms with Gasteiger partial charge in [0.05, 0.1) is 21.5 Å². The smallest absolute Gasteiger partial charge is 0.243 e. The van der Waals surface area contributed by atoms with Crippen LogP contribution >= 0.6 is 23.2 Å². The maximum atomic E-state index is 13.5. The van der Waals surface area contributed by atoms with Gasteiger partial charge in [0.25, 0.3) is 0 Å². The fourth-order valence-electron chi connectivity index (χ4n) is 3.92. The van der Waals surface area contributed by atoms with E-state index in [1.807, 2.05) is 24.3 Å². The molecule has 0 saturated heterocycles. The van der Waals surface area contributed by atoms with Crippen LogP contribution in [0.4, 0.5) is 0 Å². The zero-order valence-corrected chi connectivity index (χ0v) is 22.7. The second-order valence-electron chi connectivity index (χ2n) is 8.36. The molecule has 1 atom stereocenters. The number of fused-ring (bicyclic) bond motifs is 1. The third-order valence-electron chi connectivity index (χ3n) is 5.86. The molecular formula is C26H29Cl2N3O4S. The van der Waals surface area contributed by atoms with Gasteiger partial charge in [0.15, 0.2) is 0 Å². The molecule has 36 heavy (non-hydrogen) atoms. The topological polar surface area (TPSA) is 86.8 Å². The van der Waals surface area contributed by atoms with Crippen molar-refractivity contribution in [3.05, 3.63) is 76.3 Å². The van der Waals surface area contributed by atoms with Crippen molar-refractivity contribution in [2.75, 3.05) is 20.1 Å². The van der Waals surface area contributed by atoms with E-state index in [4.69, 9.17) is 23.2 Å². The summed E-state index contributed by atoms with van der Waals surface area (Å²) in [7, 11) is -2.61. The van der Waals surface area contributed by atoms with Crippen molar-refractivity contribution in [2.45, 2.75) is 37.8 Å². The van der Waals surface area contributed by atoms with Crippen molar-refractivity contribution in [2.24, 2.45) is 0 Å². The molecule has 0 spiro atoms. The average molecular weight is 551 g/mol. The van der Waals surface area contributed by atoms with Crippen LogP contribution in [0.3, 0.4) is 0 Å². The highest BCUT2D eigenvalue weighted by Gasteiger charge is 2.31. The first-order valence-corrected chi connectivity index (χ1v) is 13.7. The van der Waals surface area contributed by atoms with Crippen LogP contribution < -0.4 is 5.32 Å². The van der Waals surface area contributed by atoms with Gasteiger partial charge < -0.3 is 10.2 Å². The first-order chi connectivity index (χ1) is 17.1. The van der Waals surface area contributed by atoms with Gasteiger partial charge in [-0.15, -0.1) is 0 Å². The molecule has 7 nitrogen and oxygen atoms in total. The van der Waals surface area contributed by atoms with E-state index >= 15 is 0 Å². The summed E-state index contributed by atoms with van der Waals surface area (Å²) in [6.45, 7) is 3.62. The van der Waals surface area contributed by atoms with Crippen molar-refractivity contribution in [3.63, 3.8) is 0 Å². The Morgan fingerprint density at radius 3 is 2.28 bits per heavy atom. The van der Waals surface area contributed by atoms with Crippen LogP contribution in [0.5, 0.6) is 0 Å². The van der Waals surface area contributed by atoms with Crippen molar-refractivity contribution >= 4 is 55.8 Å². The van der Waals surface area contributed by atoms with Crippen LogP contribution in [0.1, 0.15) is 25.8 Å². The number of sulfonamides is 1. The fourth-order valence-corrected chi connectivity index (χ4v) is 5.40. The number of benzene rings is 3. The lowest BCUT2D eigenvalue weighted by Gasteiger charge is -2.32. The molecule has 0 bridgehead atoms. The normalized spacial score (nSPS) is 12.5. The predicted molar refractivity (Wildman–Crippen MR) is 144 cm³/mol.